The van der Waals surface area contributed by atoms with Crippen molar-refractivity contribution < 1.29 is 38.1 Å². The molecule has 4 aliphatic heterocycles. The SMILES string of the molecule is CCCCCCCC(=O)N1CCCC1C(=O)OC1COC2C(OC(=O)C3CCCN3C(=O)CCCCCCC)COC12. The first-order chi connectivity index (χ1) is 20.4. The Bertz CT molecular complexity index is 841. The van der Waals surface area contributed by atoms with E-state index in [1.807, 2.05) is 0 Å². The Labute approximate surface area is 251 Å². The quantitative estimate of drug-likeness (QED) is 0.193. The zero-order valence-corrected chi connectivity index (χ0v) is 25.8. The first-order valence-electron chi connectivity index (χ1n) is 16.7. The first kappa shape index (κ1) is 32.7. The number of hydrogen-bond donors (Lipinski definition) is 0. The van der Waals surface area contributed by atoms with Gasteiger partial charge in [0.05, 0.1) is 13.2 Å². The molecule has 0 aliphatic carbocycles. The molecule has 4 heterocycles. The average molecular weight is 593 g/mol. The highest BCUT2D eigenvalue weighted by atomic mass is 16.7. The summed E-state index contributed by atoms with van der Waals surface area (Å²) >= 11 is 0. The Morgan fingerprint density at radius 1 is 0.619 bits per heavy atom. The maximum Gasteiger partial charge on any atom is 0.329 e. The minimum absolute atomic E-state index is 0.0199. The molecule has 2 amide bonds. The first-order valence-corrected chi connectivity index (χ1v) is 16.7. The van der Waals surface area contributed by atoms with Crippen LogP contribution >= 0.6 is 0 Å². The van der Waals surface area contributed by atoms with Crippen molar-refractivity contribution in [2.75, 3.05) is 26.3 Å². The second-order valence-electron chi connectivity index (χ2n) is 12.4. The molecule has 0 radical (unpaired) electrons. The number of rotatable bonds is 16. The molecule has 0 saturated carbocycles. The molecule has 0 spiro atoms. The molecular weight excluding hydrogens is 540 g/mol. The van der Waals surface area contributed by atoms with Gasteiger partial charge in [-0.1, -0.05) is 65.2 Å². The summed E-state index contributed by atoms with van der Waals surface area (Å²) in [4.78, 5) is 55.2. The molecule has 10 heteroatoms. The molecule has 4 aliphatic rings. The molecule has 0 aromatic rings. The molecule has 42 heavy (non-hydrogen) atoms. The van der Waals surface area contributed by atoms with E-state index in [1.165, 1.54) is 12.8 Å². The molecule has 6 atom stereocenters. The molecule has 4 rings (SSSR count). The van der Waals surface area contributed by atoms with Gasteiger partial charge in [0.25, 0.3) is 0 Å². The summed E-state index contributed by atoms with van der Waals surface area (Å²) in [7, 11) is 0. The fourth-order valence-corrected chi connectivity index (χ4v) is 6.75. The van der Waals surface area contributed by atoms with Crippen molar-refractivity contribution in [3.8, 4) is 0 Å². The Balaban J connectivity index is 1.22. The van der Waals surface area contributed by atoms with E-state index >= 15 is 0 Å². The number of esters is 2. The van der Waals surface area contributed by atoms with Crippen molar-refractivity contribution in [2.45, 2.75) is 153 Å². The molecule has 4 fully saturated rings. The fourth-order valence-electron chi connectivity index (χ4n) is 6.75. The van der Waals surface area contributed by atoms with E-state index in [1.54, 1.807) is 9.80 Å². The van der Waals surface area contributed by atoms with Crippen molar-refractivity contribution in [1.82, 2.24) is 9.80 Å². The number of nitrogens with zero attached hydrogens (tertiary/aromatic N) is 2. The zero-order valence-electron chi connectivity index (χ0n) is 25.8. The molecule has 238 valence electrons. The van der Waals surface area contributed by atoms with Gasteiger partial charge in [0.15, 0.2) is 12.2 Å². The molecule has 0 N–H and O–H groups in total. The number of amides is 2. The van der Waals surface area contributed by atoms with Gasteiger partial charge in [-0.3, -0.25) is 9.59 Å². The Hall–Kier alpha value is -2.20. The summed E-state index contributed by atoms with van der Waals surface area (Å²) in [6.45, 7) is 5.79. The van der Waals surface area contributed by atoms with Gasteiger partial charge in [0.2, 0.25) is 11.8 Å². The predicted molar refractivity (Wildman–Crippen MR) is 155 cm³/mol. The van der Waals surface area contributed by atoms with Gasteiger partial charge in [0, 0.05) is 25.9 Å². The van der Waals surface area contributed by atoms with E-state index in [0.29, 0.717) is 38.8 Å². The normalized spacial score (nSPS) is 28.7. The molecule has 0 aromatic heterocycles. The number of unbranched alkanes of at least 4 members (excludes halogenated alkanes) is 8. The van der Waals surface area contributed by atoms with Gasteiger partial charge in [-0.05, 0) is 38.5 Å². The maximum atomic E-state index is 13.1. The van der Waals surface area contributed by atoms with E-state index in [-0.39, 0.29) is 25.0 Å². The van der Waals surface area contributed by atoms with Gasteiger partial charge in [-0.15, -0.1) is 0 Å². The minimum Gasteiger partial charge on any atom is -0.455 e. The number of likely N-dealkylation sites (tertiary alicyclic amines) is 2. The summed E-state index contributed by atoms with van der Waals surface area (Å²) in [5.41, 5.74) is 0. The summed E-state index contributed by atoms with van der Waals surface area (Å²) in [5.74, 6) is -0.794. The third-order valence-corrected chi connectivity index (χ3v) is 9.18. The van der Waals surface area contributed by atoms with Crippen LogP contribution in [0.15, 0.2) is 0 Å². The third kappa shape index (κ3) is 8.46. The van der Waals surface area contributed by atoms with Crippen molar-refractivity contribution in [3.05, 3.63) is 0 Å². The summed E-state index contributed by atoms with van der Waals surface area (Å²) < 4.78 is 23.5. The van der Waals surface area contributed by atoms with Gasteiger partial charge in [0.1, 0.15) is 24.3 Å². The average Bonchev–Trinajstić information content (AvgIpc) is 3.79. The lowest BCUT2D eigenvalue weighted by Crippen LogP contribution is -2.45. The number of ether oxygens (including phenoxy) is 4. The van der Waals surface area contributed by atoms with E-state index in [9.17, 15) is 19.2 Å². The lowest BCUT2D eigenvalue weighted by atomic mass is 10.1. The van der Waals surface area contributed by atoms with Crippen LogP contribution in [0.25, 0.3) is 0 Å². The molecular formula is C32H52N2O8. The minimum atomic E-state index is -0.616. The van der Waals surface area contributed by atoms with Crippen LogP contribution in [0, 0.1) is 0 Å². The number of fused-ring (bicyclic) bond motifs is 1. The van der Waals surface area contributed by atoms with Crippen molar-refractivity contribution in [1.29, 1.82) is 0 Å². The van der Waals surface area contributed by atoms with Crippen molar-refractivity contribution >= 4 is 23.8 Å². The Morgan fingerprint density at radius 2 is 1.02 bits per heavy atom. The summed E-state index contributed by atoms with van der Waals surface area (Å²) in [6, 6.07) is -1.14. The summed E-state index contributed by atoms with van der Waals surface area (Å²) in [6.07, 6.45) is 12.1. The number of carbonyl (C=O) groups excluding carboxylic acids is 4. The van der Waals surface area contributed by atoms with Crippen LogP contribution in [0.2, 0.25) is 0 Å². The largest absolute Gasteiger partial charge is 0.455 e. The maximum absolute atomic E-state index is 13.1. The molecule has 4 saturated heterocycles. The predicted octanol–water partition coefficient (Wildman–Crippen LogP) is 4.31. The van der Waals surface area contributed by atoms with Crippen LogP contribution in [0.5, 0.6) is 0 Å². The molecule has 0 bridgehead atoms. The van der Waals surface area contributed by atoms with Crippen LogP contribution in [0.3, 0.4) is 0 Å². The van der Waals surface area contributed by atoms with Gasteiger partial charge >= 0.3 is 11.9 Å². The van der Waals surface area contributed by atoms with Gasteiger partial charge in [-0.2, -0.15) is 0 Å². The van der Waals surface area contributed by atoms with E-state index in [0.717, 1.165) is 64.2 Å². The lowest BCUT2D eigenvalue weighted by Gasteiger charge is -2.26. The van der Waals surface area contributed by atoms with Crippen LogP contribution in [0.4, 0.5) is 0 Å². The Kier molecular flexibility index (Phi) is 12.9. The molecule has 6 unspecified atom stereocenters. The monoisotopic (exact) mass is 592 g/mol. The zero-order chi connectivity index (χ0) is 29.9. The topological polar surface area (TPSA) is 112 Å². The third-order valence-electron chi connectivity index (χ3n) is 9.18. The second-order valence-corrected chi connectivity index (χ2v) is 12.4. The fraction of sp³-hybridized carbons (Fsp3) is 0.875. The van der Waals surface area contributed by atoms with Crippen LogP contribution < -0.4 is 0 Å². The molecule has 10 nitrogen and oxygen atoms in total. The highest BCUT2D eigenvalue weighted by Gasteiger charge is 2.52. The van der Waals surface area contributed by atoms with Crippen molar-refractivity contribution in [2.24, 2.45) is 0 Å². The van der Waals surface area contributed by atoms with E-state index < -0.39 is 48.4 Å². The Morgan fingerprint density at radius 3 is 1.43 bits per heavy atom. The molecule has 0 aromatic carbocycles. The number of carbonyl (C=O) groups is 4. The smallest absolute Gasteiger partial charge is 0.329 e. The second kappa shape index (κ2) is 16.6. The number of hydrogen-bond acceptors (Lipinski definition) is 8. The highest BCUT2D eigenvalue weighted by Crippen LogP contribution is 2.33. The summed E-state index contributed by atoms with van der Waals surface area (Å²) in [5, 5.41) is 0. The highest BCUT2D eigenvalue weighted by molar-refractivity contribution is 5.86. The van der Waals surface area contributed by atoms with Crippen LogP contribution in [-0.4, -0.2) is 96.4 Å². The standard InChI is InChI=1S/C32H52N2O8/c1-3-5-7-9-11-17-27(35)33-19-13-15-23(33)31(37)41-25-21-39-30-26(22-40-29(25)30)42-32(38)24-16-14-20-34(24)28(36)18-12-10-8-6-4-2/h23-26,29-30H,3-22H2,1-2H3. The van der Waals surface area contributed by atoms with E-state index in [4.69, 9.17) is 18.9 Å². The van der Waals surface area contributed by atoms with Crippen LogP contribution in [-0.2, 0) is 38.1 Å². The van der Waals surface area contributed by atoms with Gasteiger partial charge in [-0.25, -0.2) is 9.59 Å². The van der Waals surface area contributed by atoms with Crippen LogP contribution in [0.1, 0.15) is 117 Å². The lowest BCUT2D eigenvalue weighted by molar-refractivity contribution is -0.163. The van der Waals surface area contributed by atoms with Crippen molar-refractivity contribution in [3.63, 3.8) is 0 Å². The van der Waals surface area contributed by atoms with E-state index in [2.05, 4.69) is 13.8 Å². The van der Waals surface area contributed by atoms with Gasteiger partial charge < -0.3 is 28.7 Å².